The Morgan fingerprint density at radius 2 is 1.63 bits per heavy atom. The molecule has 0 saturated carbocycles. The standard InChI is InChI=1S/C28H27F2N5/c29-23-3-1-4-24(30)28(23)26-11-10-25(33-26)21-7-5-20(6-8-21)22-9-12-27(32-19-22)35-17-15-34(16-18-35)14-2-13-31/h1,3-9,12,19,25H,2,10-11,14-18H2. The van der Waals surface area contributed by atoms with Gasteiger partial charge in [-0.15, -0.1) is 0 Å². The van der Waals surface area contributed by atoms with Crippen molar-refractivity contribution in [2.24, 2.45) is 4.99 Å². The van der Waals surface area contributed by atoms with Gasteiger partial charge in [0.25, 0.3) is 0 Å². The molecule has 2 aromatic carbocycles. The number of aromatic nitrogens is 1. The van der Waals surface area contributed by atoms with E-state index < -0.39 is 11.6 Å². The van der Waals surface area contributed by atoms with Crippen LogP contribution in [0.3, 0.4) is 0 Å². The Morgan fingerprint density at radius 1 is 0.914 bits per heavy atom. The number of anilines is 1. The molecule has 1 aromatic heterocycles. The van der Waals surface area contributed by atoms with Crippen LogP contribution in [0.15, 0.2) is 65.8 Å². The van der Waals surface area contributed by atoms with Crippen LogP contribution in [-0.2, 0) is 0 Å². The molecule has 0 N–H and O–H groups in total. The zero-order valence-electron chi connectivity index (χ0n) is 19.5. The lowest BCUT2D eigenvalue weighted by Crippen LogP contribution is -2.46. The van der Waals surface area contributed by atoms with Gasteiger partial charge in [-0.25, -0.2) is 13.8 Å². The number of pyridine rings is 1. The molecule has 1 unspecified atom stereocenters. The second-order valence-corrected chi connectivity index (χ2v) is 8.99. The summed E-state index contributed by atoms with van der Waals surface area (Å²) in [6.45, 7) is 4.55. The summed E-state index contributed by atoms with van der Waals surface area (Å²) < 4.78 is 28.3. The fraction of sp³-hybridized carbons (Fsp3) is 0.321. The number of piperazine rings is 1. The van der Waals surface area contributed by atoms with Crippen LogP contribution in [0.1, 0.15) is 36.4 Å². The summed E-state index contributed by atoms with van der Waals surface area (Å²) in [5.74, 6) is -0.147. The van der Waals surface area contributed by atoms with Gasteiger partial charge in [0.1, 0.15) is 17.5 Å². The summed E-state index contributed by atoms with van der Waals surface area (Å²) in [5, 5.41) is 8.76. The zero-order valence-corrected chi connectivity index (χ0v) is 19.5. The van der Waals surface area contributed by atoms with E-state index in [9.17, 15) is 8.78 Å². The lowest BCUT2D eigenvalue weighted by molar-refractivity contribution is 0.263. The van der Waals surface area contributed by atoms with Crippen LogP contribution in [0.25, 0.3) is 11.1 Å². The summed E-state index contributed by atoms with van der Waals surface area (Å²) in [5.41, 5.74) is 3.65. The quantitative estimate of drug-likeness (QED) is 0.484. The largest absolute Gasteiger partial charge is 0.354 e. The Kier molecular flexibility index (Phi) is 6.82. The monoisotopic (exact) mass is 471 g/mol. The predicted octanol–water partition coefficient (Wildman–Crippen LogP) is 5.39. The van der Waals surface area contributed by atoms with Gasteiger partial charge in [-0.2, -0.15) is 5.26 Å². The molecule has 1 saturated heterocycles. The number of rotatable bonds is 6. The smallest absolute Gasteiger partial charge is 0.135 e. The summed E-state index contributed by atoms with van der Waals surface area (Å²) >= 11 is 0. The Morgan fingerprint density at radius 3 is 2.29 bits per heavy atom. The first kappa shape index (κ1) is 23.1. The van der Waals surface area contributed by atoms with Gasteiger partial charge in [0.15, 0.2) is 0 Å². The molecular weight excluding hydrogens is 444 g/mol. The first-order valence-electron chi connectivity index (χ1n) is 12.0. The van der Waals surface area contributed by atoms with Crippen molar-refractivity contribution >= 4 is 11.5 Å². The van der Waals surface area contributed by atoms with E-state index in [0.29, 0.717) is 18.6 Å². The average molecular weight is 472 g/mol. The van der Waals surface area contributed by atoms with Gasteiger partial charge in [-0.3, -0.25) is 9.89 Å². The molecule has 0 amide bonds. The Bertz CT molecular complexity index is 1220. The Hall–Kier alpha value is -3.63. The van der Waals surface area contributed by atoms with Gasteiger partial charge in [-0.1, -0.05) is 30.3 Å². The van der Waals surface area contributed by atoms with Gasteiger partial charge in [0.05, 0.1) is 17.7 Å². The Balaban J connectivity index is 1.23. The topological polar surface area (TPSA) is 55.5 Å². The molecule has 2 aliphatic heterocycles. The molecule has 5 nitrogen and oxygen atoms in total. The van der Waals surface area contributed by atoms with Crippen molar-refractivity contribution in [1.29, 1.82) is 5.26 Å². The van der Waals surface area contributed by atoms with Gasteiger partial charge >= 0.3 is 0 Å². The van der Waals surface area contributed by atoms with Crippen molar-refractivity contribution in [1.82, 2.24) is 9.88 Å². The van der Waals surface area contributed by atoms with E-state index >= 15 is 0 Å². The minimum absolute atomic E-state index is 0.00126. The van der Waals surface area contributed by atoms with Crippen LogP contribution in [0, 0.1) is 23.0 Å². The third kappa shape index (κ3) is 5.08. The van der Waals surface area contributed by atoms with E-state index in [1.54, 1.807) is 0 Å². The predicted molar refractivity (Wildman–Crippen MR) is 133 cm³/mol. The van der Waals surface area contributed by atoms with Gasteiger partial charge in [0, 0.05) is 56.6 Å². The number of nitrogens with zero attached hydrogens (tertiary/aromatic N) is 5. The molecule has 0 bridgehead atoms. The average Bonchev–Trinajstić information content (AvgIpc) is 3.38. The van der Waals surface area contributed by atoms with Crippen LogP contribution in [0.5, 0.6) is 0 Å². The van der Waals surface area contributed by atoms with Crippen LogP contribution < -0.4 is 4.90 Å². The van der Waals surface area contributed by atoms with E-state index in [-0.39, 0.29) is 11.6 Å². The highest BCUT2D eigenvalue weighted by atomic mass is 19.1. The highest BCUT2D eigenvalue weighted by molar-refractivity contribution is 6.02. The van der Waals surface area contributed by atoms with E-state index in [0.717, 1.165) is 61.7 Å². The number of aliphatic imine (C=N–C) groups is 1. The molecule has 178 valence electrons. The molecule has 1 atom stereocenters. The lowest BCUT2D eigenvalue weighted by Gasteiger charge is -2.35. The SMILES string of the molecule is N#CCCN1CCN(c2ccc(-c3ccc(C4CCC(c5c(F)cccc5F)=N4)cc3)cn2)CC1. The number of nitriles is 1. The molecule has 2 aliphatic rings. The highest BCUT2D eigenvalue weighted by Crippen LogP contribution is 2.33. The van der Waals surface area contributed by atoms with Gasteiger partial charge in [-0.05, 0) is 48.2 Å². The van der Waals surface area contributed by atoms with E-state index in [1.807, 2.05) is 18.3 Å². The molecule has 0 spiro atoms. The zero-order chi connectivity index (χ0) is 24.2. The highest BCUT2D eigenvalue weighted by Gasteiger charge is 2.24. The summed E-state index contributed by atoms with van der Waals surface area (Å²) in [6.07, 6.45) is 3.77. The van der Waals surface area contributed by atoms with Crippen molar-refractivity contribution in [2.75, 3.05) is 37.6 Å². The number of halogens is 2. The normalized spacial score (nSPS) is 18.4. The second-order valence-electron chi connectivity index (χ2n) is 8.99. The van der Waals surface area contributed by atoms with Gasteiger partial charge < -0.3 is 4.90 Å². The van der Waals surface area contributed by atoms with Crippen molar-refractivity contribution in [3.8, 4) is 17.2 Å². The van der Waals surface area contributed by atoms with Crippen LogP contribution >= 0.6 is 0 Å². The van der Waals surface area contributed by atoms with E-state index in [2.05, 4.69) is 50.1 Å². The maximum Gasteiger partial charge on any atom is 0.135 e. The number of benzene rings is 2. The van der Waals surface area contributed by atoms with Crippen molar-refractivity contribution in [2.45, 2.75) is 25.3 Å². The van der Waals surface area contributed by atoms with Crippen LogP contribution in [0.2, 0.25) is 0 Å². The fourth-order valence-electron chi connectivity index (χ4n) is 4.85. The maximum absolute atomic E-state index is 14.1. The third-order valence-electron chi connectivity index (χ3n) is 6.83. The fourth-order valence-corrected chi connectivity index (χ4v) is 4.85. The number of hydrogen-bond acceptors (Lipinski definition) is 5. The van der Waals surface area contributed by atoms with E-state index in [1.165, 1.54) is 18.2 Å². The molecule has 7 heteroatoms. The molecule has 1 fully saturated rings. The summed E-state index contributed by atoms with van der Waals surface area (Å²) in [6, 6.07) is 18.4. The van der Waals surface area contributed by atoms with Crippen molar-refractivity contribution < 1.29 is 8.78 Å². The molecule has 0 radical (unpaired) electrons. The lowest BCUT2D eigenvalue weighted by atomic mass is 10.00. The minimum Gasteiger partial charge on any atom is -0.354 e. The first-order chi connectivity index (χ1) is 17.1. The van der Waals surface area contributed by atoms with Crippen molar-refractivity contribution in [3.05, 3.63) is 83.6 Å². The summed E-state index contributed by atoms with van der Waals surface area (Å²) in [4.78, 5) is 13.9. The molecule has 3 aromatic rings. The summed E-state index contributed by atoms with van der Waals surface area (Å²) in [7, 11) is 0. The molecule has 35 heavy (non-hydrogen) atoms. The number of hydrogen-bond donors (Lipinski definition) is 0. The molecule has 0 aliphatic carbocycles. The van der Waals surface area contributed by atoms with E-state index in [4.69, 9.17) is 5.26 Å². The molecular formula is C28H27F2N5. The minimum atomic E-state index is -0.559. The van der Waals surface area contributed by atoms with Crippen LogP contribution in [-0.4, -0.2) is 48.3 Å². The van der Waals surface area contributed by atoms with Crippen LogP contribution in [0.4, 0.5) is 14.6 Å². The van der Waals surface area contributed by atoms with Crippen molar-refractivity contribution in [3.63, 3.8) is 0 Å². The Labute approximate surface area is 204 Å². The first-order valence-corrected chi connectivity index (χ1v) is 12.0. The molecule has 5 rings (SSSR count). The third-order valence-corrected chi connectivity index (χ3v) is 6.83. The molecule has 3 heterocycles. The second kappa shape index (κ2) is 10.3. The maximum atomic E-state index is 14.1. The van der Waals surface area contributed by atoms with Gasteiger partial charge in [0.2, 0.25) is 0 Å².